The van der Waals surface area contributed by atoms with Crippen molar-refractivity contribution in [2.75, 3.05) is 38.6 Å². The van der Waals surface area contributed by atoms with E-state index < -0.39 is 12.6 Å². The highest BCUT2D eigenvalue weighted by atomic mass is 16.6. The van der Waals surface area contributed by atoms with Crippen molar-refractivity contribution in [3.05, 3.63) is 38.2 Å². The highest BCUT2D eigenvalue weighted by molar-refractivity contribution is 5.59. The lowest BCUT2D eigenvalue weighted by atomic mass is 10.0. The van der Waals surface area contributed by atoms with E-state index in [0.717, 1.165) is 129 Å². The zero-order chi connectivity index (χ0) is 47.6. The minimum Gasteiger partial charge on any atom is -0.368 e. The topological polar surface area (TPSA) is 99.5 Å². The summed E-state index contributed by atoms with van der Waals surface area (Å²) in [4.78, 5) is 30.3. The van der Waals surface area contributed by atoms with E-state index in [1.54, 1.807) is 0 Å². The van der Waals surface area contributed by atoms with Gasteiger partial charge < -0.3 is 29.5 Å². The monoisotopic (exact) mass is 917 g/mol. The summed E-state index contributed by atoms with van der Waals surface area (Å²) in [6.07, 6.45) is 45.7. The zero-order valence-electron chi connectivity index (χ0n) is 43.9. The van der Waals surface area contributed by atoms with E-state index in [4.69, 9.17) is 9.47 Å². The van der Waals surface area contributed by atoms with Crippen molar-refractivity contribution in [3.63, 3.8) is 0 Å². The molecule has 1 aromatic carbocycles. The average molecular weight is 917 g/mol. The lowest BCUT2D eigenvalue weighted by Gasteiger charge is -2.27. The van der Waals surface area contributed by atoms with Crippen molar-refractivity contribution in [1.82, 2.24) is 4.90 Å². The first-order valence-electron chi connectivity index (χ1n) is 28.2. The Morgan fingerprint density at radius 1 is 0.431 bits per heavy atom. The third-order valence-corrected chi connectivity index (χ3v) is 13.5. The van der Waals surface area contributed by atoms with Crippen LogP contribution in [-0.4, -0.2) is 73.6 Å². The molecule has 0 fully saturated rings. The van der Waals surface area contributed by atoms with Gasteiger partial charge in [0.1, 0.15) is 0 Å². The molecule has 65 heavy (non-hydrogen) atoms. The molecule has 0 aliphatic carbocycles. The van der Waals surface area contributed by atoms with Crippen molar-refractivity contribution >= 4 is 5.69 Å². The average Bonchev–Trinajstić information content (AvgIpc) is 3.28. The van der Waals surface area contributed by atoms with E-state index in [0.29, 0.717) is 30.5 Å². The van der Waals surface area contributed by atoms with Gasteiger partial charge in [-0.05, 0) is 104 Å². The van der Waals surface area contributed by atoms with E-state index >= 15 is 0 Å². The molecule has 3 atom stereocenters. The molecule has 382 valence electrons. The number of aliphatic hydroxyl groups is 2. The lowest BCUT2D eigenvalue weighted by molar-refractivity contribution is -0.144. The molecule has 0 aromatic heterocycles. The Hall–Kier alpha value is -1.58. The first kappa shape index (κ1) is 61.4. The van der Waals surface area contributed by atoms with Gasteiger partial charge in [-0.2, -0.15) is 0 Å². The maximum absolute atomic E-state index is 13.1. The van der Waals surface area contributed by atoms with Gasteiger partial charge in [-0.3, -0.25) is 9.59 Å². The Labute approximate surface area is 402 Å². The van der Waals surface area contributed by atoms with Gasteiger partial charge in [0.05, 0.1) is 17.9 Å². The maximum atomic E-state index is 13.1. The second kappa shape index (κ2) is 43.7. The number of ether oxygens (including phenoxy) is 2. The predicted octanol–water partition coefficient (Wildman–Crippen LogP) is 14.7. The summed E-state index contributed by atoms with van der Waals surface area (Å²) in [5, 5.41) is 21.6. The number of allylic oxidation sites excluding steroid dienone is 2. The maximum Gasteiger partial charge on any atom is 0.249 e. The molecule has 0 aliphatic rings. The van der Waals surface area contributed by atoms with E-state index in [1.807, 2.05) is 0 Å². The fraction of sp³-hybridized carbons (Fsp3) is 0.895. The second-order valence-corrected chi connectivity index (χ2v) is 20.1. The number of anilines is 1. The van der Waals surface area contributed by atoms with Crippen LogP contribution in [0, 0.1) is 0 Å². The van der Waals surface area contributed by atoms with Crippen molar-refractivity contribution in [2.24, 2.45) is 0 Å². The highest BCUT2D eigenvalue weighted by Crippen LogP contribution is 2.23. The number of unbranched alkanes of at least 4 members (excludes halogenated alkanes) is 24. The molecule has 0 heterocycles. The Bertz CT molecular complexity index is 1260. The van der Waals surface area contributed by atoms with Crippen LogP contribution in [-0.2, 0) is 15.9 Å². The molecule has 0 saturated heterocycles. The van der Waals surface area contributed by atoms with Crippen LogP contribution >= 0.6 is 0 Å². The Kier molecular flexibility index (Phi) is 41.3. The number of aliphatic hydroxyl groups excluding tert-OH is 2. The molecule has 0 aliphatic heterocycles. The quantitative estimate of drug-likeness (QED) is 0.0289. The summed E-state index contributed by atoms with van der Waals surface area (Å²) >= 11 is 0. The van der Waals surface area contributed by atoms with Gasteiger partial charge in [-0.1, -0.05) is 200 Å². The zero-order valence-corrected chi connectivity index (χ0v) is 43.9. The largest absolute Gasteiger partial charge is 0.368 e. The number of hydrogen-bond donors (Lipinski definition) is 2. The lowest BCUT2D eigenvalue weighted by Crippen LogP contribution is -2.44. The highest BCUT2D eigenvalue weighted by Gasteiger charge is 2.25. The number of hydrogen-bond acceptors (Lipinski definition) is 8. The van der Waals surface area contributed by atoms with Gasteiger partial charge in [-0.15, -0.1) is 0 Å². The molecule has 3 unspecified atom stereocenters. The van der Waals surface area contributed by atoms with Gasteiger partial charge in [0.25, 0.3) is 0 Å². The SMILES string of the molecule is CCCCCCCCC(CCC)OC(O)CCCCCCCN(CCCCCCCC(O)OC(CCCCCCCC)CCCCCCCC)c1c(C/C=C/CCCN(C)C)c(=O)c1=O. The van der Waals surface area contributed by atoms with Crippen LogP contribution in [0.2, 0.25) is 0 Å². The molecule has 2 N–H and O–H groups in total. The Morgan fingerprint density at radius 2 is 0.815 bits per heavy atom. The van der Waals surface area contributed by atoms with Gasteiger partial charge in [0.15, 0.2) is 12.6 Å². The standard InChI is InChI=1S/C57H108N2O6/c1-7-11-14-17-22-31-41-50(40-10-4)64-53(60)45-35-25-20-28-38-48-59(55-52(56(62)57(55)63)44-34-27-30-37-47-58(5)6)49-39-29-21-26-36-46-54(61)65-51(42-32-23-18-15-12-8-2)43-33-24-19-16-13-9-3/h27,34,50-51,53-54,60-61H,7-26,28-33,35-49H2,1-6H3/b34-27+. The van der Waals surface area contributed by atoms with Crippen LogP contribution in [0.4, 0.5) is 5.69 Å². The summed E-state index contributed by atoms with van der Waals surface area (Å²) in [6.45, 7) is 11.6. The van der Waals surface area contributed by atoms with Gasteiger partial charge >= 0.3 is 0 Å². The number of rotatable bonds is 50. The summed E-state index contributed by atoms with van der Waals surface area (Å²) < 4.78 is 12.4. The van der Waals surface area contributed by atoms with E-state index in [2.05, 4.69) is 63.7 Å². The fourth-order valence-corrected chi connectivity index (χ4v) is 9.35. The van der Waals surface area contributed by atoms with Gasteiger partial charge in [0, 0.05) is 18.7 Å². The molecule has 0 saturated carbocycles. The molecule has 0 bridgehead atoms. The Balaban J connectivity index is 2.61. The van der Waals surface area contributed by atoms with E-state index in [-0.39, 0.29) is 23.1 Å². The Morgan fingerprint density at radius 3 is 1.23 bits per heavy atom. The molecule has 0 amide bonds. The molecular weight excluding hydrogens is 809 g/mol. The molecular formula is C57H108N2O6. The van der Waals surface area contributed by atoms with E-state index in [1.165, 1.54) is 116 Å². The minimum absolute atomic E-state index is 0.162. The van der Waals surface area contributed by atoms with Crippen LogP contribution in [0.1, 0.15) is 271 Å². The first-order chi connectivity index (χ1) is 31.7. The van der Waals surface area contributed by atoms with Gasteiger partial charge in [-0.25, -0.2) is 0 Å². The first-order valence-corrected chi connectivity index (χ1v) is 28.2. The normalized spacial score (nSPS) is 13.6. The third-order valence-electron chi connectivity index (χ3n) is 13.5. The second-order valence-electron chi connectivity index (χ2n) is 20.1. The molecule has 0 spiro atoms. The molecule has 1 aromatic rings. The van der Waals surface area contributed by atoms with Crippen molar-refractivity contribution < 1.29 is 19.7 Å². The minimum atomic E-state index is -0.679. The van der Waals surface area contributed by atoms with Crippen LogP contribution in [0.15, 0.2) is 21.7 Å². The fourth-order valence-electron chi connectivity index (χ4n) is 9.35. The molecule has 1 rings (SSSR count). The molecule has 8 nitrogen and oxygen atoms in total. The number of nitrogens with zero attached hydrogens (tertiary/aromatic N) is 2. The summed E-state index contributed by atoms with van der Waals surface area (Å²) in [7, 11) is 4.17. The van der Waals surface area contributed by atoms with Crippen LogP contribution in [0.3, 0.4) is 0 Å². The van der Waals surface area contributed by atoms with Crippen LogP contribution < -0.4 is 15.8 Å². The van der Waals surface area contributed by atoms with Crippen molar-refractivity contribution in [3.8, 4) is 0 Å². The smallest absolute Gasteiger partial charge is 0.249 e. The summed E-state index contributed by atoms with van der Waals surface area (Å²) in [5.41, 5.74) is 0.727. The third kappa shape index (κ3) is 33.5. The summed E-state index contributed by atoms with van der Waals surface area (Å²) in [5.74, 6) is 0. The van der Waals surface area contributed by atoms with Gasteiger partial charge in [0.2, 0.25) is 10.9 Å². The molecule has 0 radical (unpaired) electrons. The van der Waals surface area contributed by atoms with E-state index in [9.17, 15) is 19.8 Å². The van der Waals surface area contributed by atoms with Crippen molar-refractivity contribution in [2.45, 2.75) is 296 Å². The van der Waals surface area contributed by atoms with Crippen LogP contribution in [0.25, 0.3) is 0 Å². The summed E-state index contributed by atoms with van der Waals surface area (Å²) in [6, 6.07) is 0. The van der Waals surface area contributed by atoms with Crippen molar-refractivity contribution in [1.29, 1.82) is 0 Å². The predicted molar refractivity (Wildman–Crippen MR) is 280 cm³/mol. The van der Waals surface area contributed by atoms with Crippen LogP contribution in [0.5, 0.6) is 0 Å². The molecule has 8 heteroatoms.